The van der Waals surface area contributed by atoms with E-state index in [1.54, 1.807) is 31.3 Å². The molecule has 0 saturated carbocycles. The normalized spacial score (nSPS) is 16.1. The fourth-order valence-corrected chi connectivity index (χ4v) is 4.64. The van der Waals surface area contributed by atoms with Crippen molar-refractivity contribution in [3.8, 4) is 0 Å². The van der Waals surface area contributed by atoms with Crippen molar-refractivity contribution in [1.29, 1.82) is 0 Å². The summed E-state index contributed by atoms with van der Waals surface area (Å²) in [6.45, 7) is 5.03. The lowest BCUT2D eigenvalue weighted by Gasteiger charge is -2.20. The second-order valence-corrected chi connectivity index (χ2v) is 9.13. The predicted octanol–water partition coefficient (Wildman–Crippen LogP) is 2.90. The summed E-state index contributed by atoms with van der Waals surface area (Å²) in [4.78, 5) is 7.16. The van der Waals surface area contributed by atoms with Crippen LogP contribution in [0.1, 0.15) is 38.5 Å². The van der Waals surface area contributed by atoms with Crippen LogP contribution in [0.5, 0.6) is 0 Å². The third kappa shape index (κ3) is 9.56. The van der Waals surface area contributed by atoms with Gasteiger partial charge in [-0.05, 0) is 57.5 Å². The van der Waals surface area contributed by atoms with Crippen molar-refractivity contribution in [3.05, 3.63) is 30.3 Å². The highest BCUT2D eigenvalue weighted by atomic mass is 127. The third-order valence-electron chi connectivity index (χ3n) is 4.85. The lowest BCUT2D eigenvalue weighted by molar-refractivity contribution is 0.282. The van der Waals surface area contributed by atoms with Crippen LogP contribution in [-0.4, -0.2) is 64.8 Å². The molecule has 1 saturated heterocycles. The molecule has 0 spiro atoms. The van der Waals surface area contributed by atoms with Crippen molar-refractivity contribution in [3.63, 3.8) is 0 Å². The summed E-state index contributed by atoms with van der Waals surface area (Å²) in [5.41, 5.74) is 0. The first-order valence-corrected chi connectivity index (χ1v) is 11.7. The van der Waals surface area contributed by atoms with Gasteiger partial charge in [0, 0.05) is 20.1 Å². The van der Waals surface area contributed by atoms with E-state index in [0.717, 1.165) is 25.5 Å². The average Bonchev–Trinajstić information content (AvgIpc) is 2.96. The summed E-state index contributed by atoms with van der Waals surface area (Å²) in [6, 6.07) is 8.62. The quantitative estimate of drug-likeness (QED) is 0.226. The van der Waals surface area contributed by atoms with Crippen LogP contribution in [0.15, 0.2) is 40.2 Å². The number of hydrogen-bond donors (Lipinski definition) is 2. The maximum atomic E-state index is 12.3. The SMILES string of the molecule is CN=C(NCCCN1CCCCCC1)NCCCS(=O)(=O)c1ccccc1.I. The molecular weight excluding hydrogens is 487 g/mol. The number of nitrogens with one attached hydrogen (secondary N) is 2. The van der Waals surface area contributed by atoms with E-state index in [9.17, 15) is 8.42 Å². The van der Waals surface area contributed by atoms with Gasteiger partial charge in [-0.2, -0.15) is 0 Å². The molecule has 0 unspecified atom stereocenters. The Kier molecular flexibility index (Phi) is 12.7. The Morgan fingerprint density at radius 3 is 2.21 bits per heavy atom. The van der Waals surface area contributed by atoms with Crippen molar-refractivity contribution >= 4 is 39.8 Å². The largest absolute Gasteiger partial charge is 0.356 e. The highest BCUT2D eigenvalue weighted by Crippen LogP contribution is 2.11. The van der Waals surface area contributed by atoms with Gasteiger partial charge in [0.05, 0.1) is 10.6 Å². The minimum Gasteiger partial charge on any atom is -0.356 e. The molecule has 0 atom stereocenters. The number of likely N-dealkylation sites (tertiary alicyclic amines) is 1. The Bertz CT molecular complexity index is 660. The summed E-state index contributed by atoms with van der Waals surface area (Å²) < 4.78 is 24.5. The van der Waals surface area contributed by atoms with Gasteiger partial charge < -0.3 is 15.5 Å². The molecule has 1 aliphatic rings. The highest BCUT2D eigenvalue weighted by Gasteiger charge is 2.13. The molecule has 0 aliphatic carbocycles. The van der Waals surface area contributed by atoms with Crippen molar-refractivity contribution in [2.24, 2.45) is 4.99 Å². The van der Waals surface area contributed by atoms with Crippen molar-refractivity contribution in [2.45, 2.75) is 43.4 Å². The van der Waals surface area contributed by atoms with Crippen LogP contribution < -0.4 is 10.6 Å². The average molecular weight is 522 g/mol. The van der Waals surface area contributed by atoms with E-state index in [0.29, 0.717) is 17.9 Å². The lowest BCUT2D eigenvalue weighted by atomic mass is 10.2. The van der Waals surface area contributed by atoms with E-state index in [1.807, 2.05) is 6.07 Å². The van der Waals surface area contributed by atoms with Crippen molar-refractivity contribution in [2.75, 3.05) is 45.5 Å². The molecule has 1 aromatic rings. The Labute approximate surface area is 187 Å². The van der Waals surface area contributed by atoms with Crippen LogP contribution in [0, 0.1) is 0 Å². The summed E-state index contributed by atoms with van der Waals surface area (Å²) in [7, 11) is -1.47. The predicted molar refractivity (Wildman–Crippen MR) is 127 cm³/mol. The van der Waals surface area contributed by atoms with Crippen LogP contribution >= 0.6 is 24.0 Å². The van der Waals surface area contributed by atoms with Gasteiger partial charge in [0.1, 0.15) is 0 Å². The maximum absolute atomic E-state index is 12.3. The van der Waals surface area contributed by atoms with Gasteiger partial charge in [0.2, 0.25) is 0 Å². The molecule has 2 N–H and O–H groups in total. The second-order valence-electron chi connectivity index (χ2n) is 7.02. The van der Waals surface area contributed by atoms with Crippen LogP contribution in [0.4, 0.5) is 0 Å². The zero-order chi connectivity index (χ0) is 19.4. The molecule has 6 nitrogen and oxygen atoms in total. The minimum atomic E-state index is -3.21. The number of aliphatic imine (C=N–C) groups is 1. The molecule has 1 aliphatic heterocycles. The smallest absolute Gasteiger partial charge is 0.190 e. The molecule has 8 heteroatoms. The van der Waals surface area contributed by atoms with Crippen LogP contribution in [0.2, 0.25) is 0 Å². The Morgan fingerprint density at radius 2 is 1.61 bits per heavy atom. The number of halogens is 1. The number of rotatable bonds is 9. The topological polar surface area (TPSA) is 73.8 Å². The number of benzene rings is 1. The Hall–Kier alpha value is -0.870. The molecule has 0 amide bonds. The molecule has 0 aromatic heterocycles. The summed E-state index contributed by atoms with van der Waals surface area (Å²) in [5.74, 6) is 0.874. The molecule has 2 rings (SSSR count). The molecule has 160 valence electrons. The standard InChI is InChI=1S/C20H34N4O2S.HI/c1-21-20(22-13-9-17-24-15-7-2-3-8-16-24)23-14-10-18-27(25,26)19-11-5-4-6-12-19;/h4-6,11-12H,2-3,7-10,13-18H2,1H3,(H2,21,22,23);1H. The Morgan fingerprint density at radius 1 is 1.00 bits per heavy atom. The van der Waals surface area contributed by atoms with E-state index in [1.165, 1.54) is 38.8 Å². The van der Waals surface area contributed by atoms with Gasteiger partial charge in [0.25, 0.3) is 0 Å². The van der Waals surface area contributed by atoms with Crippen LogP contribution in [0.25, 0.3) is 0 Å². The number of nitrogens with zero attached hydrogens (tertiary/aromatic N) is 2. The van der Waals surface area contributed by atoms with Gasteiger partial charge in [-0.15, -0.1) is 24.0 Å². The van der Waals surface area contributed by atoms with E-state index in [2.05, 4.69) is 20.5 Å². The first-order chi connectivity index (χ1) is 13.1. The molecule has 28 heavy (non-hydrogen) atoms. The highest BCUT2D eigenvalue weighted by molar-refractivity contribution is 14.0. The first-order valence-electron chi connectivity index (χ1n) is 10.1. The summed E-state index contributed by atoms with van der Waals surface area (Å²) in [6.07, 6.45) is 7.01. The lowest BCUT2D eigenvalue weighted by Crippen LogP contribution is -2.39. The van der Waals surface area contributed by atoms with Gasteiger partial charge in [-0.1, -0.05) is 31.0 Å². The summed E-state index contributed by atoms with van der Waals surface area (Å²) >= 11 is 0. The summed E-state index contributed by atoms with van der Waals surface area (Å²) in [5, 5.41) is 6.52. The molecule has 1 heterocycles. The number of guanidine groups is 1. The molecule has 0 bridgehead atoms. The number of hydrogen-bond acceptors (Lipinski definition) is 4. The minimum absolute atomic E-state index is 0. The van der Waals surface area contributed by atoms with Crippen LogP contribution in [-0.2, 0) is 9.84 Å². The second kappa shape index (κ2) is 14.2. The molecule has 1 fully saturated rings. The monoisotopic (exact) mass is 522 g/mol. The van der Waals surface area contributed by atoms with E-state index >= 15 is 0 Å². The maximum Gasteiger partial charge on any atom is 0.190 e. The van der Waals surface area contributed by atoms with Gasteiger partial charge in [0.15, 0.2) is 15.8 Å². The van der Waals surface area contributed by atoms with Crippen molar-refractivity contribution in [1.82, 2.24) is 15.5 Å². The fraction of sp³-hybridized carbons (Fsp3) is 0.650. The number of sulfone groups is 1. The van der Waals surface area contributed by atoms with Crippen molar-refractivity contribution < 1.29 is 8.42 Å². The van der Waals surface area contributed by atoms with Crippen LogP contribution in [0.3, 0.4) is 0 Å². The van der Waals surface area contributed by atoms with E-state index < -0.39 is 9.84 Å². The molecular formula is C20H35IN4O2S. The van der Waals surface area contributed by atoms with Gasteiger partial charge in [-0.25, -0.2) is 8.42 Å². The zero-order valence-electron chi connectivity index (χ0n) is 16.9. The first kappa shape index (κ1) is 25.2. The Balaban J connectivity index is 0.00000392. The molecule has 1 aromatic carbocycles. The zero-order valence-corrected chi connectivity index (χ0v) is 20.0. The van der Waals surface area contributed by atoms with E-state index in [-0.39, 0.29) is 29.7 Å². The van der Waals surface area contributed by atoms with Gasteiger partial charge in [-0.3, -0.25) is 4.99 Å². The molecule has 0 radical (unpaired) electrons. The van der Waals surface area contributed by atoms with E-state index in [4.69, 9.17) is 0 Å². The van der Waals surface area contributed by atoms with Gasteiger partial charge >= 0.3 is 0 Å². The third-order valence-corrected chi connectivity index (χ3v) is 6.67. The fourth-order valence-electron chi connectivity index (χ4n) is 3.30.